The van der Waals surface area contributed by atoms with E-state index in [0.717, 1.165) is 29.1 Å². The molecule has 5 heteroatoms. The fraction of sp³-hybridized carbons (Fsp3) is 0.567. The SMILES string of the molecule is CC#CC1(C(=O)O)C=CC=CC1c1ccc(C23CC4CC(CC(C4)C2)C3)c(OCOC(C)OC)c1. The number of carboxylic acids is 1. The molecule has 4 fully saturated rings. The van der Waals surface area contributed by atoms with Gasteiger partial charge in [-0.25, -0.2) is 0 Å². The maximum atomic E-state index is 12.5. The minimum atomic E-state index is -1.30. The van der Waals surface area contributed by atoms with Crippen molar-refractivity contribution in [3.63, 3.8) is 0 Å². The molecule has 0 saturated heterocycles. The Hall–Kier alpha value is -2.55. The summed E-state index contributed by atoms with van der Waals surface area (Å²) in [4.78, 5) is 12.5. The number of benzene rings is 1. The highest BCUT2D eigenvalue weighted by molar-refractivity contribution is 5.84. The standard InChI is InChI=1S/C30H36O5/c1-4-10-30(28(31)32)11-6-5-7-25(30)24-8-9-26(27(15-24)35-19-34-20(2)33-3)29-16-21-12-22(17-29)14-23(13-21)18-29/h5-9,11,15,20-23,25H,12-14,16-19H2,1-3H3,(H,31,32). The zero-order valence-corrected chi connectivity index (χ0v) is 21.0. The molecule has 5 nitrogen and oxygen atoms in total. The summed E-state index contributed by atoms with van der Waals surface area (Å²) < 4.78 is 17.2. The van der Waals surface area contributed by atoms with Crippen LogP contribution in [0.3, 0.4) is 0 Å². The molecule has 0 radical (unpaired) electrons. The van der Waals surface area contributed by atoms with Crippen LogP contribution in [0.5, 0.6) is 5.75 Å². The first-order valence-corrected chi connectivity index (χ1v) is 12.8. The summed E-state index contributed by atoms with van der Waals surface area (Å²) in [5.41, 5.74) is 0.987. The number of hydrogen-bond donors (Lipinski definition) is 1. The predicted molar refractivity (Wildman–Crippen MR) is 134 cm³/mol. The number of methoxy groups -OCH3 is 1. The van der Waals surface area contributed by atoms with E-state index >= 15 is 0 Å². The zero-order chi connectivity index (χ0) is 24.6. The molecule has 5 aliphatic carbocycles. The Balaban J connectivity index is 1.54. The molecule has 5 aliphatic rings. The van der Waals surface area contributed by atoms with E-state index in [4.69, 9.17) is 14.2 Å². The quantitative estimate of drug-likeness (QED) is 0.379. The summed E-state index contributed by atoms with van der Waals surface area (Å²) in [6.45, 7) is 3.60. The molecule has 0 heterocycles. The summed E-state index contributed by atoms with van der Waals surface area (Å²) in [5.74, 6) is 7.71. The molecule has 6 rings (SSSR count). The van der Waals surface area contributed by atoms with Gasteiger partial charge in [-0.15, -0.1) is 5.92 Å². The van der Waals surface area contributed by atoms with Gasteiger partial charge in [-0.05, 0) is 87.2 Å². The van der Waals surface area contributed by atoms with Crippen molar-refractivity contribution in [3.8, 4) is 17.6 Å². The van der Waals surface area contributed by atoms with Crippen LogP contribution in [0.2, 0.25) is 0 Å². The Morgan fingerprint density at radius 2 is 1.83 bits per heavy atom. The monoisotopic (exact) mass is 476 g/mol. The van der Waals surface area contributed by atoms with E-state index in [1.54, 1.807) is 26.2 Å². The lowest BCUT2D eigenvalue weighted by Gasteiger charge is -2.57. The van der Waals surface area contributed by atoms with Crippen LogP contribution in [0, 0.1) is 35.0 Å². The Kier molecular flexibility index (Phi) is 6.55. The Morgan fingerprint density at radius 3 is 2.43 bits per heavy atom. The van der Waals surface area contributed by atoms with Gasteiger partial charge in [0, 0.05) is 18.6 Å². The number of rotatable bonds is 8. The molecule has 4 bridgehead atoms. The van der Waals surface area contributed by atoms with E-state index in [1.165, 1.54) is 44.1 Å². The summed E-state index contributed by atoms with van der Waals surface area (Å²) in [7, 11) is 1.61. The molecule has 1 aromatic carbocycles. The zero-order valence-electron chi connectivity index (χ0n) is 21.0. The van der Waals surface area contributed by atoms with Crippen molar-refractivity contribution in [2.45, 2.75) is 70.0 Å². The average molecular weight is 477 g/mol. The predicted octanol–water partition coefficient (Wildman–Crippen LogP) is 5.80. The lowest BCUT2D eigenvalue weighted by atomic mass is 9.48. The maximum Gasteiger partial charge on any atom is 0.326 e. The fourth-order valence-corrected chi connectivity index (χ4v) is 7.59. The van der Waals surface area contributed by atoms with Gasteiger partial charge in [-0.2, -0.15) is 0 Å². The Morgan fingerprint density at radius 1 is 1.14 bits per heavy atom. The lowest BCUT2D eigenvalue weighted by molar-refractivity contribution is -0.150. The number of ether oxygens (including phenoxy) is 3. The van der Waals surface area contributed by atoms with Crippen molar-refractivity contribution in [2.24, 2.45) is 23.2 Å². The number of allylic oxidation sites excluding steroid dienone is 3. The van der Waals surface area contributed by atoms with Crippen LogP contribution in [-0.4, -0.2) is 31.3 Å². The van der Waals surface area contributed by atoms with Gasteiger partial charge in [0.1, 0.15) is 5.75 Å². The molecule has 0 amide bonds. The summed E-state index contributed by atoms with van der Waals surface area (Å²) >= 11 is 0. The van der Waals surface area contributed by atoms with Gasteiger partial charge in [0.2, 0.25) is 0 Å². The molecule has 0 aromatic heterocycles. The van der Waals surface area contributed by atoms with Crippen molar-refractivity contribution in [1.29, 1.82) is 0 Å². The van der Waals surface area contributed by atoms with Crippen molar-refractivity contribution in [1.82, 2.24) is 0 Å². The van der Waals surface area contributed by atoms with E-state index < -0.39 is 17.3 Å². The molecular formula is C30H36O5. The molecular weight excluding hydrogens is 440 g/mol. The van der Waals surface area contributed by atoms with Crippen LogP contribution >= 0.6 is 0 Å². The first kappa shape index (κ1) is 24.2. The third-order valence-corrected chi connectivity index (χ3v) is 8.77. The highest BCUT2D eigenvalue weighted by atomic mass is 16.7. The molecule has 0 spiro atoms. The molecule has 1 aromatic rings. The number of hydrogen-bond acceptors (Lipinski definition) is 4. The Bertz CT molecular complexity index is 1050. The van der Waals surface area contributed by atoms with Crippen LogP contribution in [0.1, 0.15) is 69.4 Å². The second-order valence-electron chi connectivity index (χ2n) is 11.0. The molecule has 4 saturated carbocycles. The summed E-state index contributed by atoms with van der Waals surface area (Å²) in [6, 6.07) is 6.34. The van der Waals surface area contributed by atoms with E-state index in [0.29, 0.717) is 0 Å². The molecule has 35 heavy (non-hydrogen) atoms. The summed E-state index contributed by atoms with van der Waals surface area (Å²) in [5, 5.41) is 10.2. The number of carboxylic acid groups (broad SMARTS) is 1. The van der Waals surface area contributed by atoms with Crippen LogP contribution in [0.4, 0.5) is 0 Å². The first-order valence-electron chi connectivity index (χ1n) is 12.8. The lowest BCUT2D eigenvalue weighted by Crippen LogP contribution is -2.48. The van der Waals surface area contributed by atoms with Gasteiger partial charge in [-0.3, -0.25) is 4.79 Å². The normalized spacial score (nSPS) is 35.4. The largest absolute Gasteiger partial charge is 0.480 e. The van der Waals surface area contributed by atoms with Crippen LogP contribution < -0.4 is 4.74 Å². The third kappa shape index (κ3) is 4.32. The molecule has 3 atom stereocenters. The Labute approximate surface area is 208 Å². The molecule has 0 aliphatic heterocycles. The third-order valence-electron chi connectivity index (χ3n) is 8.77. The van der Waals surface area contributed by atoms with E-state index in [1.807, 2.05) is 25.1 Å². The first-order chi connectivity index (χ1) is 16.9. The van der Waals surface area contributed by atoms with Crippen LogP contribution in [0.15, 0.2) is 42.5 Å². The number of aliphatic carboxylic acids is 1. The second-order valence-corrected chi connectivity index (χ2v) is 11.0. The van der Waals surface area contributed by atoms with Crippen LogP contribution in [0.25, 0.3) is 0 Å². The summed E-state index contributed by atoms with van der Waals surface area (Å²) in [6.07, 6.45) is 14.7. The van der Waals surface area contributed by atoms with Crippen molar-refractivity contribution in [2.75, 3.05) is 13.9 Å². The van der Waals surface area contributed by atoms with Crippen LogP contribution in [-0.2, 0) is 19.7 Å². The smallest absolute Gasteiger partial charge is 0.326 e. The second kappa shape index (κ2) is 9.48. The van der Waals surface area contributed by atoms with E-state index in [9.17, 15) is 9.90 Å². The molecule has 186 valence electrons. The van der Waals surface area contributed by atoms with E-state index in [2.05, 4.69) is 24.0 Å². The van der Waals surface area contributed by atoms with Crippen molar-refractivity contribution >= 4 is 5.97 Å². The van der Waals surface area contributed by atoms with Gasteiger partial charge in [-0.1, -0.05) is 42.4 Å². The highest BCUT2D eigenvalue weighted by Crippen LogP contribution is 2.62. The number of carbonyl (C=O) groups is 1. The highest BCUT2D eigenvalue weighted by Gasteiger charge is 2.53. The van der Waals surface area contributed by atoms with Gasteiger partial charge in [0.25, 0.3) is 0 Å². The molecule has 1 N–H and O–H groups in total. The minimum absolute atomic E-state index is 0.0804. The average Bonchev–Trinajstić information content (AvgIpc) is 2.83. The van der Waals surface area contributed by atoms with Crippen molar-refractivity contribution in [3.05, 3.63) is 53.6 Å². The van der Waals surface area contributed by atoms with Gasteiger partial charge in [0.15, 0.2) is 18.5 Å². The van der Waals surface area contributed by atoms with Gasteiger partial charge >= 0.3 is 5.97 Å². The van der Waals surface area contributed by atoms with E-state index in [-0.39, 0.29) is 18.5 Å². The topological polar surface area (TPSA) is 65.0 Å². The minimum Gasteiger partial charge on any atom is -0.480 e. The van der Waals surface area contributed by atoms with Crippen molar-refractivity contribution < 1.29 is 24.1 Å². The van der Waals surface area contributed by atoms with Gasteiger partial charge in [0.05, 0.1) is 0 Å². The van der Waals surface area contributed by atoms with Gasteiger partial charge < -0.3 is 19.3 Å². The molecule has 3 unspecified atom stereocenters. The maximum absolute atomic E-state index is 12.5. The fourth-order valence-electron chi connectivity index (χ4n) is 7.59.